The summed E-state index contributed by atoms with van der Waals surface area (Å²) < 4.78 is 2.70. The summed E-state index contributed by atoms with van der Waals surface area (Å²) in [5.41, 5.74) is 1.96. The van der Waals surface area contributed by atoms with E-state index in [4.69, 9.17) is 12.2 Å². The fraction of sp³-hybridized carbons (Fsp3) is 0.267. The van der Waals surface area contributed by atoms with Gasteiger partial charge in [0.2, 0.25) is 0 Å². The van der Waals surface area contributed by atoms with Crippen molar-refractivity contribution in [2.45, 2.75) is 20.4 Å². The molecule has 1 N–H and O–H groups in total. The molecule has 0 saturated carbocycles. The molecule has 0 bridgehead atoms. The second-order valence-electron chi connectivity index (χ2n) is 5.24. The molecule has 2 aromatic heterocycles. The summed E-state index contributed by atoms with van der Waals surface area (Å²) in [4.78, 5) is 4.49. The van der Waals surface area contributed by atoms with Crippen LogP contribution >= 0.6 is 12.2 Å². The molecule has 0 fully saturated rings. The third-order valence-electron chi connectivity index (χ3n) is 3.18. The Bertz CT molecular complexity index is 795. The lowest BCUT2D eigenvalue weighted by atomic mass is 10.1. The predicted molar refractivity (Wildman–Crippen MR) is 83.0 cm³/mol. The minimum atomic E-state index is 0.501. The van der Waals surface area contributed by atoms with Gasteiger partial charge in [0, 0.05) is 23.7 Å². The lowest BCUT2D eigenvalue weighted by Gasteiger charge is -2.10. The van der Waals surface area contributed by atoms with Crippen LogP contribution in [0.3, 0.4) is 0 Å². The fourth-order valence-electron chi connectivity index (χ4n) is 2.34. The van der Waals surface area contributed by atoms with Crippen LogP contribution in [0.1, 0.15) is 13.8 Å². The van der Waals surface area contributed by atoms with Crippen molar-refractivity contribution < 1.29 is 0 Å². The minimum absolute atomic E-state index is 0.501. The highest BCUT2D eigenvalue weighted by atomic mass is 32.1. The number of nitrogens with zero attached hydrogens (tertiary/aromatic N) is 3. The quantitative estimate of drug-likeness (QED) is 0.744. The molecule has 102 valence electrons. The van der Waals surface area contributed by atoms with Crippen molar-refractivity contribution >= 4 is 23.1 Å². The van der Waals surface area contributed by atoms with Crippen molar-refractivity contribution in [2.75, 3.05) is 0 Å². The molecular weight excluding hydrogens is 268 g/mol. The van der Waals surface area contributed by atoms with E-state index in [0.29, 0.717) is 10.7 Å². The summed E-state index contributed by atoms with van der Waals surface area (Å²) in [6.07, 6.45) is 1.81. The first-order chi connectivity index (χ1) is 9.66. The molecule has 0 atom stereocenters. The molecule has 0 aliphatic heterocycles. The molecule has 0 radical (unpaired) electrons. The highest BCUT2D eigenvalue weighted by Crippen LogP contribution is 2.26. The van der Waals surface area contributed by atoms with E-state index in [1.54, 1.807) is 6.20 Å². The van der Waals surface area contributed by atoms with Gasteiger partial charge in [-0.05, 0) is 30.3 Å². The predicted octanol–water partition coefficient (Wildman–Crippen LogP) is 3.81. The van der Waals surface area contributed by atoms with Gasteiger partial charge in [0.1, 0.15) is 0 Å². The monoisotopic (exact) mass is 284 g/mol. The number of nitrogens with one attached hydrogen (secondary N) is 1. The topological polar surface area (TPSA) is 46.5 Å². The summed E-state index contributed by atoms with van der Waals surface area (Å²) >= 11 is 5.34. The molecule has 0 unspecified atom stereocenters. The van der Waals surface area contributed by atoms with E-state index in [9.17, 15) is 0 Å². The third-order valence-corrected chi connectivity index (χ3v) is 3.49. The van der Waals surface area contributed by atoms with Gasteiger partial charge in [-0.15, -0.1) is 0 Å². The molecular formula is C15H16N4S. The number of hydrogen-bond acceptors (Lipinski definition) is 3. The summed E-state index contributed by atoms with van der Waals surface area (Å²) in [6, 6.07) is 10.1. The number of hydrogen-bond donors (Lipinski definition) is 1. The second kappa shape index (κ2) is 5.17. The number of fused-ring (bicyclic) bond motifs is 1. The minimum Gasteiger partial charge on any atom is -0.300 e. The highest BCUT2D eigenvalue weighted by Gasteiger charge is 2.13. The van der Waals surface area contributed by atoms with Crippen molar-refractivity contribution in [3.05, 3.63) is 41.3 Å². The number of pyridine rings is 1. The van der Waals surface area contributed by atoms with Crippen molar-refractivity contribution in [2.24, 2.45) is 5.92 Å². The van der Waals surface area contributed by atoms with Crippen LogP contribution in [0.2, 0.25) is 0 Å². The standard InChI is InChI=1S/C15H16N4S/c1-10(2)9-19-14(17-18-15(19)20)12-7-3-5-11-6-4-8-16-13(11)12/h3-8,10H,9H2,1-2H3,(H,18,20). The van der Waals surface area contributed by atoms with Crippen molar-refractivity contribution in [3.8, 4) is 11.4 Å². The molecule has 2 heterocycles. The average molecular weight is 284 g/mol. The summed E-state index contributed by atoms with van der Waals surface area (Å²) in [5, 5.41) is 8.40. The number of aromatic amines is 1. The van der Waals surface area contributed by atoms with Crippen LogP contribution in [0.15, 0.2) is 36.5 Å². The van der Waals surface area contributed by atoms with E-state index < -0.39 is 0 Å². The van der Waals surface area contributed by atoms with Crippen LogP contribution in [0.4, 0.5) is 0 Å². The van der Waals surface area contributed by atoms with Crippen molar-refractivity contribution in [3.63, 3.8) is 0 Å². The number of benzene rings is 1. The Hall–Kier alpha value is -2.01. The number of aromatic nitrogens is 4. The zero-order valence-corrected chi connectivity index (χ0v) is 12.3. The Kier molecular flexibility index (Phi) is 3.36. The van der Waals surface area contributed by atoms with Crippen LogP contribution < -0.4 is 0 Å². The van der Waals surface area contributed by atoms with Crippen LogP contribution in [0, 0.1) is 10.7 Å². The van der Waals surface area contributed by atoms with Crippen LogP contribution in [-0.4, -0.2) is 19.7 Å². The van der Waals surface area contributed by atoms with Gasteiger partial charge in [0.25, 0.3) is 0 Å². The van der Waals surface area contributed by atoms with E-state index in [1.807, 2.05) is 22.8 Å². The van der Waals surface area contributed by atoms with Gasteiger partial charge in [-0.3, -0.25) is 14.6 Å². The Morgan fingerprint density at radius 1 is 1.25 bits per heavy atom. The summed E-state index contributed by atoms with van der Waals surface area (Å²) in [5.74, 6) is 1.36. The van der Waals surface area contributed by atoms with Gasteiger partial charge in [-0.2, -0.15) is 5.10 Å². The third kappa shape index (κ3) is 2.25. The van der Waals surface area contributed by atoms with E-state index in [0.717, 1.165) is 28.8 Å². The molecule has 0 saturated heterocycles. The van der Waals surface area contributed by atoms with E-state index >= 15 is 0 Å². The smallest absolute Gasteiger partial charge is 0.195 e. The first-order valence-electron chi connectivity index (χ1n) is 6.66. The van der Waals surface area contributed by atoms with Crippen LogP contribution in [-0.2, 0) is 6.54 Å². The molecule has 0 amide bonds. The van der Waals surface area contributed by atoms with E-state index in [-0.39, 0.29) is 0 Å². The Morgan fingerprint density at radius 3 is 2.85 bits per heavy atom. The normalized spacial score (nSPS) is 11.3. The maximum absolute atomic E-state index is 5.34. The van der Waals surface area contributed by atoms with Crippen LogP contribution in [0.5, 0.6) is 0 Å². The Labute approximate surface area is 122 Å². The van der Waals surface area contributed by atoms with E-state index in [2.05, 4.69) is 41.2 Å². The van der Waals surface area contributed by atoms with Gasteiger partial charge >= 0.3 is 0 Å². The number of rotatable bonds is 3. The average Bonchev–Trinajstić information content (AvgIpc) is 2.79. The summed E-state index contributed by atoms with van der Waals surface area (Å²) in [7, 11) is 0. The lowest BCUT2D eigenvalue weighted by Crippen LogP contribution is -2.06. The molecule has 3 aromatic rings. The SMILES string of the molecule is CC(C)Cn1c(-c2cccc3cccnc23)n[nH]c1=S. The highest BCUT2D eigenvalue weighted by molar-refractivity contribution is 7.71. The maximum atomic E-state index is 5.34. The first kappa shape index (κ1) is 13.0. The zero-order valence-electron chi connectivity index (χ0n) is 11.5. The Morgan fingerprint density at radius 2 is 2.05 bits per heavy atom. The number of H-pyrrole nitrogens is 1. The molecule has 3 rings (SSSR count). The Balaban J connectivity index is 2.24. The number of para-hydroxylation sites is 1. The van der Waals surface area contributed by atoms with Crippen LogP contribution in [0.25, 0.3) is 22.3 Å². The van der Waals surface area contributed by atoms with Gasteiger partial charge in [0.15, 0.2) is 10.6 Å². The molecule has 0 aliphatic rings. The largest absolute Gasteiger partial charge is 0.300 e. The van der Waals surface area contributed by atoms with Gasteiger partial charge in [0.05, 0.1) is 5.52 Å². The lowest BCUT2D eigenvalue weighted by molar-refractivity contribution is 0.521. The fourth-order valence-corrected chi connectivity index (χ4v) is 2.55. The van der Waals surface area contributed by atoms with Gasteiger partial charge in [-0.25, -0.2) is 0 Å². The maximum Gasteiger partial charge on any atom is 0.195 e. The first-order valence-corrected chi connectivity index (χ1v) is 7.07. The molecule has 5 heteroatoms. The van der Waals surface area contributed by atoms with Gasteiger partial charge < -0.3 is 0 Å². The molecule has 1 aromatic carbocycles. The van der Waals surface area contributed by atoms with E-state index in [1.165, 1.54) is 0 Å². The summed E-state index contributed by atoms with van der Waals surface area (Å²) in [6.45, 7) is 5.17. The second-order valence-corrected chi connectivity index (χ2v) is 5.62. The van der Waals surface area contributed by atoms with Gasteiger partial charge in [-0.1, -0.05) is 32.0 Å². The molecule has 20 heavy (non-hydrogen) atoms. The molecule has 0 aliphatic carbocycles. The molecule has 4 nitrogen and oxygen atoms in total. The molecule has 0 spiro atoms. The zero-order chi connectivity index (χ0) is 14.1. The van der Waals surface area contributed by atoms with Crippen molar-refractivity contribution in [1.82, 2.24) is 19.7 Å². The van der Waals surface area contributed by atoms with Crippen molar-refractivity contribution in [1.29, 1.82) is 0 Å².